The second-order valence-electron chi connectivity index (χ2n) is 10.8. The van der Waals surface area contributed by atoms with Crippen LogP contribution in [0.5, 0.6) is 23.0 Å². The Labute approximate surface area is 260 Å². The highest BCUT2D eigenvalue weighted by Gasteiger charge is 2.57. The minimum Gasteiger partial charge on any atom is -0.493 e. The lowest BCUT2D eigenvalue weighted by atomic mass is 10.0. The molecule has 45 heavy (non-hydrogen) atoms. The van der Waals surface area contributed by atoms with Crippen molar-refractivity contribution in [1.29, 1.82) is 0 Å². The molecule has 0 aliphatic heterocycles. The van der Waals surface area contributed by atoms with Crippen molar-refractivity contribution in [2.45, 2.75) is 33.1 Å². The molecule has 5 rings (SSSR count). The van der Waals surface area contributed by atoms with Gasteiger partial charge in [-0.15, -0.1) is 0 Å². The molecule has 3 aromatic carbocycles. The van der Waals surface area contributed by atoms with Crippen molar-refractivity contribution in [3.63, 3.8) is 0 Å². The van der Waals surface area contributed by atoms with Gasteiger partial charge in [-0.3, -0.25) is 19.5 Å². The van der Waals surface area contributed by atoms with Gasteiger partial charge in [0.05, 0.1) is 24.9 Å². The molecule has 11 heteroatoms. The normalized spacial score (nSPS) is 13.5. The van der Waals surface area contributed by atoms with Crippen molar-refractivity contribution < 1.29 is 32.6 Å². The third-order valence-electron chi connectivity index (χ3n) is 8.07. The van der Waals surface area contributed by atoms with Gasteiger partial charge in [0.15, 0.2) is 23.1 Å². The van der Waals surface area contributed by atoms with E-state index in [2.05, 4.69) is 23.7 Å². The summed E-state index contributed by atoms with van der Waals surface area (Å²) in [5.74, 6) is -1.38. The quantitative estimate of drug-likeness (QED) is 0.130. The van der Waals surface area contributed by atoms with Crippen LogP contribution in [0.1, 0.15) is 33.1 Å². The number of primary amides is 1. The first kappa shape index (κ1) is 31.6. The number of rotatable bonds is 14. The maximum Gasteiger partial charge on any atom is 0.247 e. The fraction of sp³-hybridized carbons (Fsp3) is 0.324. The SMILES string of the molecule is CCN(CC)CCCOc1cc2c(Oc3ccc(N(C(=O)C4(C(N)=O)CC4)c4ccc(F)cc4)cc3F)ccnc2cc1OC. The molecule has 0 bridgehead atoms. The number of methoxy groups -OCH3 is 1. The van der Waals surface area contributed by atoms with Crippen LogP contribution in [-0.2, 0) is 9.59 Å². The van der Waals surface area contributed by atoms with E-state index in [0.717, 1.165) is 32.1 Å². The number of hydrogen-bond donors (Lipinski definition) is 1. The summed E-state index contributed by atoms with van der Waals surface area (Å²) in [6.45, 7) is 7.56. The number of amides is 2. The molecule has 1 aromatic heterocycles. The number of aromatic nitrogens is 1. The number of hydrogen-bond acceptors (Lipinski definition) is 7. The lowest BCUT2D eigenvalue weighted by Gasteiger charge is -2.26. The minimum absolute atomic E-state index is 0.105. The number of nitrogens with two attached hydrogens (primary N) is 1. The van der Waals surface area contributed by atoms with E-state index in [-0.39, 0.29) is 30.0 Å². The van der Waals surface area contributed by atoms with Crippen LogP contribution in [0.4, 0.5) is 20.2 Å². The van der Waals surface area contributed by atoms with Crippen molar-refractivity contribution >= 4 is 34.1 Å². The van der Waals surface area contributed by atoms with E-state index in [1.54, 1.807) is 31.5 Å². The van der Waals surface area contributed by atoms with Crippen LogP contribution in [0, 0.1) is 17.0 Å². The zero-order chi connectivity index (χ0) is 32.1. The fourth-order valence-corrected chi connectivity index (χ4v) is 5.21. The number of benzene rings is 3. The predicted octanol–water partition coefficient (Wildman–Crippen LogP) is 6.35. The Morgan fingerprint density at radius 1 is 0.911 bits per heavy atom. The average Bonchev–Trinajstić information content (AvgIpc) is 3.86. The van der Waals surface area contributed by atoms with Gasteiger partial charge < -0.3 is 24.8 Å². The second-order valence-corrected chi connectivity index (χ2v) is 10.8. The molecule has 0 spiro atoms. The molecular weight excluding hydrogens is 582 g/mol. The number of carbonyl (C=O) groups excluding carboxylic acids is 2. The topological polar surface area (TPSA) is 107 Å². The Morgan fingerprint density at radius 2 is 1.62 bits per heavy atom. The fourth-order valence-electron chi connectivity index (χ4n) is 5.21. The molecular formula is C34H36F2N4O5. The van der Waals surface area contributed by atoms with Crippen molar-refractivity contribution in [3.8, 4) is 23.0 Å². The number of ether oxygens (including phenoxy) is 3. The zero-order valence-corrected chi connectivity index (χ0v) is 25.5. The highest BCUT2D eigenvalue weighted by Crippen LogP contribution is 2.49. The van der Waals surface area contributed by atoms with Gasteiger partial charge in [0.2, 0.25) is 11.8 Å². The maximum absolute atomic E-state index is 15.7. The molecule has 1 aliphatic rings. The van der Waals surface area contributed by atoms with Crippen LogP contribution < -0.4 is 24.8 Å². The summed E-state index contributed by atoms with van der Waals surface area (Å²) in [4.78, 5) is 33.6. The van der Waals surface area contributed by atoms with Crippen LogP contribution in [0.15, 0.2) is 66.9 Å². The molecule has 1 heterocycles. The summed E-state index contributed by atoms with van der Waals surface area (Å²) in [5, 5.41) is 0.584. The van der Waals surface area contributed by atoms with Gasteiger partial charge in [0.1, 0.15) is 17.0 Å². The summed E-state index contributed by atoms with van der Waals surface area (Å²) < 4.78 is 47.0. The van der Waals surface area contributed by atoms with E-state index in [0.29, 0.717) is 34.8 Å². The van der Waals surface area contributed by atoms with Gasteiger partial charge in [-0.25, -0.2) is 8.78 Å². The number of nitrogens with zero attached hydrogens (tertiary/aromatic N) is 3. The molecule has 236 valence electrons. The van der Waals surface area contributed by atoms with E-state index in [1.807, 2.05) is 0 Å². The lowest BCUT2D eigenvalue weighted by molar-refractivity contribution is -0.133. The second kappa shape index (κ2) is 13.5. The molecule has 9 nitrogen and oxygen atoms in total. The highest BCUT2D eigenvalue weighted by molar-refractivity contribution is 6.16. The van der Waals surface area contributed by atoms with Crippen LogP contribution in [0.3, 0.4) is 0 Å². The predicted molar refractivity (Wildman–Crippen MR) is 167 cm³/mol. The molecule has 2 N–H and O–H groups in total. The van der Waals surface area contributed by atoms with Crippen LogP contribution in [0.25, 0.3) is 10.9 Å². The molecule has 0 unspecified atom stereocenters. The number of halogens is 2. The molecule has 1 aliphatic carbocycles. The standard InChI is InChI=1S/C34H36F2N4O5/c1-4-39(5-2)17-6-18-44-31-20-25-27(21-30(31)43-3)38-16-13-28(25)45-29-12-11-24(19-26(29)36)40(23-9-7-22(35)8-10-23)33(42)34(14-15-34)32(37)41/h7-13,16,19-21H,4-6,14-15,17-18H2,1-3H3,(H2,37,41). The van der Waals surface area contributed by atoms with E-state index in [1.165, 1.54) is 41.3 Å². The first-order valence-electron chi connectivity index (χ1n) is 14.9. The Morgan fingerprint density at radius 3 is 2.24 bits per heavy atom. The van der Waals surface area contributed by atoms with Gasteiger partial charge in [-0.1, -0.05) is 13.8 Å². The van der Waals surface area contributed by atoms with Crippen molar-refractivity contribution in [2.24, 2.45) is 11.1 Å². The van der Waals surface area contributed by atoms with Gasteiger partial charge >= 0.3 is 0 Å². The first-order chi connectivity index (χ1) is 21.7. The van der Waals surface area contributed by atoms with E-state index < -0.39 is 28.9 Å². The van der Waals surface area contributed by atoms with Crippen LogP contribution in [0.2, 0.25) is 0 Å². The summed E-state index contributed by atoms with van der Waals surface area (Å²) >= 11 is 0. The van der Waals surface area contributed by atoms with Gasteiger partial charge in [-0.2, -0.15) is 0 Å². The number of anilines is 2. The molecule has 2 amide bonds. The van der Waals surface area contributed by atoms with E-state index in [4.69, 9.17) is 19.9 Å². The van der Waals surface area contributed by atoms with Crippen molar-refractivity contribution in [2.75, 3.05) is 38.3 Å². The van der Waals surface area contributed by atoms with Gasteiger partial charge in [0, 0.05) is 35.9 Å². The Hall–Kier alpha value is -4.77. The third kappa shape index (κ3) is 6.68. The smallest absolute Gasteiger partial charge is 0.247 e. The van der Waals surface area contributed by atoms with Gasteiger partial charge in [-0.05, 0) is 80.9 Å². The maximum atomic E-state index is 15.7. The Kier molecular flexibility index (Phi) is 9.48. The molecule has 0 saturated heterocycles. The number of pyridine rings is 1. The monoisotopic (exact) mass is 618 g/mol. The van der Waals surface area contributed by atoms with E-state index in [9.17, 15) is 14.0 Å². The van der Waals surface area contributed by atoms with Crippen LogP contribution in [-0.4, -0.2) is 55.0 Å². The number of carbonyl (C=O) groups is 2. The van der Waals surface area contributed by atoms with E-state index >= 15 is 4.39 Å². The minimum atomic E-state index is -1.39. The Balaban J connectivity index is 1.43. The van der Waals surface area contributed by atoms with Crippen LogP contribution >= 0.6 is 0 Å². The lowest BCUT2D eigenvalue weighted by Crippen LogP contribution is -2.41. The summed E-state index contributed by atoms with van der Waals surface area (Å²) in [5.41, 5.74) is 5.13. The molecule has 1 saturated carbocycles. The summed E-state index contributed by atoms with van der Waals surface area (Å²) in [6.07, 6.45) is 2.94. The van der Waals surface area contributed by atoms with Crippen molar-refractivity contribution in [1.82, 2.24) is 9.88 Å². The summed E-state index contributed by atoms with van der Waals surface area (Å²) in [6, 6.07) is 14.2. The summed E-state index contributed by atoms with van der Waals surface area (Å²) in [7, 11) is 1.55. The van der Waals surface area contributed by atoms with Crippen molar-refractivity contribution in [3.05, 3.63) is 78.5 Å². The number of fused-ring (bicyclic) bond motifs is 1. The first-order valence-corrected chi connectivity index (χ1v) is 14.9. The average molecular weight is 619 g/mol. The molecule has 0 atom stereocenters. The highest BCUT2D eigenvalue weighted by atomic mass is 19.1. The molecule has 1 fully saturated rings. The molecule has 4 aromatic rings. The zero-order valence-electron chi connectivity index (χ0n) is 25.5. The molecule has 0 radical (unpaired) electrons. The van der Waals surface area contributed by atoms with Gasteiger partial charge in [0.25, 0.3) is 0 Å². The third-order valence-corrected chi connectivity index (χ3v) is 8.07. The Bertz CT molecular complexity index is 1690. The largest absolute Gasteiger partial charge is 0.493 e.